The van der Waals surface area contributed by atoms with E-state index in [4.69, 9.17) is 0 Å². The number of hydrogen-bond acceptors (Lipinski definition) is 1. The van der Waals surface area contributed by atoms with Crippen molar-refractivity contribution in [2.75, 3.05) is 0 Å². The van der Waals surface area contributed by atoms with Crippen LogP contribution in [0.1, 0.15) is 11.1 Å². The average Bonchev–Trinajstić information content (AvgIpc) is 3.01. The largest absolute Gasteiger partial charge is 0.416 e. The van der Waals surface area contributed by atoms with Crippen molar-refractivity contribution in [2.45, 2.75) is 13.1 Å². The summed E-state index contributed by atoms with van der Waals surface area (Å²) in [5.74, 6) is 0. The van der Waals surface area contributed by atoms with Gasteiger partial charge in [0.15, 0.2) is 0 Å². The molecule has 0 atom stereocenters. The van der Waals surface area contributed by atoms with E-state index in [9.17, 15) is 13.2 Å². The molecule has 0 saturated carbocycles. The van der Waals surface area contributed by atoms with Crippen LogP contribution in [0, 0.1) is 6.92 Å². The molecule has 0 amide bonds. The topological polar surface area (TPSA) is 17.8 Å². The fraction of sp³-hybridized carbons (Fsp3) is 0.0952. The van der Waals surface area contributed by atoms with Crippen LogP contribution < -0.4 is 0 Å². The molecule has 0 N–H and O–H groups in total. The number of benzene rings is 2. The van der Waals surface area contributed by atoms with Crippen molar-refractivity contribution in [3.63, 3.8) is 0 Å². The van der Waals surface area contributed by atoms with Gasteiger partial charge in [0.2, 0.25) is 0 Å². The van der Waals surface area contributed by atoms with Crippen LogP contribution in [0.4, 0.5) is 13.2 Å². The van der Waals surface area contributed by atoms with E-state index in [0.717, 1.165) is 45.5 Å². The SMILES string of the molecule is Cc1ccc(-n2c(-c3ccc(C(F)(F)F)cc3)cc3ccncc32)cc1. The molecule has 0 fully saturated rings. The summed E-state index contributed by atoms with van der Waals surface area (Å²) in [6.45, 7) is 2.01. The Balaban J connectivity index is 1.92. The molecule has 2 aromatic heterocycles. The summed E-state index contributed by atoms with van der Waals surface area (Å²) in [4.78, 5) is 4.20. The van der Waals surface area contributed by atoms with Crippen molar-refractivity contribution >= 4 is 10.9 Å². The molecule has 2 nitrogen and oxygen atoms in total. The highest BCUT2D eigenvalue weighted by Gasteiger charge is 2.30. The van der Waals surface area contributed by atoms with Crippen LogP contribution in [0.3, 0.4) is 0 Å². The molecule has 0 aliphatic carbocycles. The van der Waals surface area contributed by atoms with E-state index >= 15 is 0 Å². The van der Waals surface area contributed by atoms with E-state index in [0.29, 0.717) is 0 Å². The van der Waals surface area contributed by atoms with Crippen LogP contribution in [-0.2, 0) is 6.18 Å². The summed E-state index contributed by atoms with van der Waals surface area (Å²) in [6, 6.07) is 17.1. The summed E-state index contributed by atoms with van der Waals surface area (Å²) in [5.41, 5.74) is 3.88. The van der Waals surface area contributed by atoms with E-state index in [1.807, 2.05) is 47.9 Å². The second-order valence-corrected chi connectivity index (χ2v) is 6.21. The smallest absolute Gasteiger partial charge is 0.308 e. The highest BCUT2D eigenvalue weighted by atomic mass is 19.4. The summed E-state index contributed by atoms with van der Waals surface area (Å²) in [5, 5.41) is 0.982. The molecule has 4 aromatic rings. The van der Waals surface area contributed by atoms with Gasteiger partial charge in [0.25, 0.3) is 0 Å². The number of aromatic nitrogens is 2. The maximum absolute atomic E-state index is 12.9. The van der Waals surface area contributed by atoms with Gasteiger partial charge in [0.1, 0.15) is 0 Å². The van der Waals surface area contributed by atoms with Crippen molar-refractivity contribution < 1.29 is 13.2 Å². The molecule has 2 heterocycles. The summed E-state index contributed by atoms with van der Waals surface area (Å²) >= 11 is 0. The molecule has 2 aromatic carbocycles. The third-order valence-electron chi connectivity index (χ3n) is 4.41. The molecule has 130 valence electrons. The second-order valence-electron chi connectivity index (χ2n) is 6.21. The zero-order valence-corrected chi connectivity index (χ0v) is 14.0. The van der Waals surface area contributed by atoms with Gasteiger partial charge in [-0.05, 0) is 48.9 Å². The van der Waals surface area contributed by atoms with Gasteiger partial charge in [-0.15, -0.1) is 0 Å². The number of aryl methyl sites for hydroxylation is 1. The number of rotatable bonds is 2. The Morgan fingerprint density at radius 3 is 2.23 bits per heavy atom. The van der Waals surface area contributed by atoms with E-state index in [1.54, 1.807) is 12.4 Å². The summed E-state index contributed by atoms with van der Waals surface area (Å²) < 4.78 is 40.6. The molecule has 0 aliphatic heterocycles. The molecule has 0 bridgehead atoms. The molecule has 0 aliphatic rings. The lowest BCUT2D eigenvalue weighted by atomic mass is 10.1. The normalized spacial score (nSPS) is 11.8. The van der Waals surface area contributed by atoms with Crippen LogP contribution in [0.25, 0.3) is 27.8 Å². The van der Waals surface area contributed by atoms with Gasteiger partial charge in [-0.1, -0.05) is 29.8 Å². The highest BCUT2D eigenvalue weighted by molar-refractivity contribution is 5.88. The van der Waals surface area contributed by atoms with Crippen molar-refractivity contribution in [2.24, 2.45) is 0 Å². The maximum atomic E-state index is 12.9. The Morgan fingerprint density at radius 1 is 0.885 bits per heavy atom. The second kappa shape index (κ2) is 6.02. The van der Waals surface area contributed by atoms with Crippen molar-refractivity contribution in [1.82, 2.24) is 9.55 Å². The molecule has 0 unspecified atom stereocenters. The minimum absolute atomic E-state index is 0.652. The van der Waals surface area contributed by atoms with Gasteiger partial charge >= 0.3 is 6.18 Å². The number of halogens is 3. The van der Waals surface area contributed by atoms with Crippen LogP contribution in [0.2, 0.25) is 0 Å². The number of pyridine rings is 1. The summed E-state index contributed by atoms with van der Waals surface area (Å²) in [6.07, 6.45) is -0.868. The van der Waals surface area contributed by atoms with E-state index in [1.165, 1.54) is 12.1 Å². The van der Waals surface area contributed by atoms with E-state index in [2.05, 4.69) is 4.98 Å². The molecular formula is C21H15F3N2. The Labute approximate surface area is 148 Å². The molecule has 0 spiro atoms. The highest BCUT2D eigenvalue weighted by Crippen LogP contribution is 2.34. The molecular weight excluding hydrogens is 337 g/mol. The zero-order valence-electron chi connectivity index (χ0n) is 14.0. The Kier molecular flexibility index (Phi) is 3.80. The fourth-order valence-electron chi connectivity index (χ4n) is 3.06. The monoisotopic (exact) mass is 352 g/mol. The Morgan fingerprint density at radius 2 is 1.58 bits per heavy atom. The number of nitrogens with zero attached hydrogens (tertiary/aromatic N) is 2. The predicted octanol–water partition coefficient (Wildman–Crippen LogP) is 6.02. The van der Waals surface area contributed by atoms with Gasteiger partial charge < -0.3 is 4.57 Å². The van der Waals surface area contributed by atoms with Crippen LogP contribution in [-0.4, -0.2) is 9.55 Å². The maximum Gasteiger partial charge on any atom is 0.416 e. The van der Waals surface area contributed by atoms with E-state index < -0.39 is 11.7 Å². The fourth-order valence-corrected chi connectivity index (χ4v) is 3.06. The van der Waals surface area contributed by atoms with Crippen molar-refractivity contribution in [3.05, 3.63) is 84.2 Å². The number of fused-ring (bicyclic) bond motifs is 1. The van der Waals surface area contributed by atoms with Gasteiger partial charge in [0.05, 0.1) is 23.0 Å². The first-order valence-electron chi connectivity index (χ1n) is 8.13. The van der Waals surface area contributed by atoms with Gasteiger partial charge in [-0.2, -0.15) is 13.2 Å². The van der Waals surface area contributed by atoms with Gasteiger partial charge in [-0.25, -0.2) is 0 Å². The third-order valence-corrected chi connectivity index (χ3v) is 4.41. The average molecular weight is 352 g/mol. The Hall–Kier alpha value is -3.08. The molecule has 4 rings (SSSR count). The first-order chi connectivity index (χ1) is 12.4. The lowest BCUT2D eigenvalue weighted by molar-refractivity contribution is -0.137. The molecule has 26 heavy (non-hydrogen) atoms. The molecule has 0 radical (unpaired) electrons. The van der Waals surface area contributed by atoms with Gasteiger partial charge in [0, 0.05) is 17.3 Å². The first kappa shape index (κ1) is 16.4. The van der Waals surface area contributed by atoms with Crippen LogP contribution in [0.5, 0.6) is 0 Å². The summed E-state index contributed by atoms with van der Waals surface area (Å²) in [7, 11) is 0. The predicted molar refractivity (Wildman–Crippen MR) is 96.2 cm³/mol. The van der Waals surface area contributed by atoms with Crippen molar-refractivity contribution in [1.29, 1.82) is 0 Å². The van der Waals surface area contributed by atoms with Crippen LogP contribution in [0.15, 0.2) is 73.1 Å². The lowest BCUT2D eigenvalue weighted by Crippen LogP contribution is -2.04. The quantitative estimate of drug-likeness (QED) is 0.431. The van der Waals surface area contributed by atoms with E-state index in [-0.39, 0.29) is 0 Å². The first-order valence-corrected chi connectivity index (χ1v) is 8.13. The standard InChI is InChI=1S/C21H15F3N2/c1-14-2-8-18(9-3-14)26-19(12-16-10-11-25-13-20(16)26)15-4-6-17(7-5-15)21(22,23)24/h2-13H,1H3. The lowest BCUT2D eigenvalue weighted by Gasteiger charge is -2.12. The molecule has 5 heteroatoms. The minimum atomic E-state index is -4.34. The van der Waals surface area contributed by atoms with Gasteiger partial charge in [-0.3, -0.25) is 4.98 Å². The van der Waals surface area contributed by atoms with Crippen molar-refractivity contribution in [3.8, 4) is 16.9 Å². The Bertz CT molecular complexity index is 1060. The number of alkyl halides is 3. The van der Waals surface area contributed by atoms with Crippen LogP contribution >= 0.6 is 0 Å². The molecule has 0 saturated heterocycles. The minimum Gasteiger partial charge on any atom is -0.308 e. The number of hydrogen-bond donors (Lipinski definition) is 0. The third kappa shape index (κ3) is 2.86. The zero-order chi connectivity index (χ0) is 18.3.